The molecule has 5 N–H and O–H groups in total. The first-order valence-electron chi connectivity index (χ1n) is 8.75. The minimum absolute atomic E-state index is 0.0297. The predicted molar refractivity (Wildman–Crippen MR) is 102 cm³/mol. The Balaban J connectivity index is 1.55. The van der Waals surface area contributed by atoms with Gasteiger partial charge in [-0.2, -0.15) is 10.2 Å². The zero-order valence-electron chi connectivity index (χ0n) is 15.3. The van der Waals surface area contributed by atoms with E-state index in [1.54, 1.807) is 0 Å². The van der Waals surface area contributed by atoms with E-state index in [0.717, 1.165) is 0 Å². The SMILES string of the molecule is CC1(CNC(=S)NC[C@H]2O[C@H](Oc3ccc([N+](=O)[O-])cc3)[C@@H](O)[C@@H](O)[C@@H]2O)N=N1. The molecule has 158 valence electrons. The van der Waals surface area contributed by atoms with Crippen molar-refractivity contribution in [1.29, 1.82) is 0 Å². The third kappa shape index (κ3) is 5.33. The van der Waals surface area contributed by atoms with Crippen LogP contribution in [0.2, 0.25) is 0 Å². The van der Waals surface area contributed by atoms with Gasteiger partial charge in [-0.05, 0) is 31.3 Å². The number of hydrogen-bond donors (Lipinski definition) is 5. The maximum absolute atomic E-state index is 10.7. The van der Waals surface area contributed by atoms with E-state index in [1.807, 2.05) is 6.92 Å². The van der Waals surface area contributed by atoms with Crippen molar-refractivity contribution in [2.24, 2.45) is 10.2 Å². The van der Waals surface area contributed by atoms with E-state index in [2.05, 4.69) is 20.9 Å². The second-order valence-corrected chi connectivity index (χ2v) is 7.27. The Bertz CT molecular complexity index is 786. The quantitative estimate of drug-likeness (QED) is 0.215. The van der Waals surface area contributed by atoms with Gasteiger partial charge in [-0.3, -0.25) is 10.1 Å². The Morgan fingerprint density at radius 3 is 2.48 bits per heavy atom. The van der Waals surface area contributed by atoms with E-state index in [1.165, 1.54) is 24.3 Å². The number of nitro benzene ring substituents is 1. The molecule has 0 aromatic heterocycles. The Kier molecular flexibility index (Phi) is 6.24. The first-order chi connectivity index (χ1) is 13.7. The first-order valence-corrected chi connectivity index (χ1v) is 9.16. The maximum atomic E-state index is 10.7. The molecule has 0 spiro atoms. The van der Waals surface area contributed by atoms with Gasteiger partial charge >= 0.3 is 0 Å². The molecule has 2 aliphatic heterocycles. The summed E-state index contributed by atoms with van der Waals surface area (Å²) in [5.41, 5.74) is -0.599. The molecule has 0 saturated carbocycles. The van der Waals surface area contributed by atoms with E-state index >= 15 is 0 Å². The molecule has 2 heterocycles. The number of thiocarbonyl (C=S) groups is 1. The van der Waals surface area contributed by atoms with Gasteiger partial charge in [0.1, 0.15) is 30.2 Å². The van der Waals surface area contributed by atoms with Crippen molar-refractivity contribution >= 4 is 23.0 Å². The Hall–Kier alpha value is -2.45. The number of ether oxygens (including phenoxy) is 2. The average Bonchev–Trinajstić information content (AvgIpc) is 3.44. The molecule has 2 aliphatic rings. The molecule has 29 heavy (non-hydrogen) atoms. The molecule has 13 heteroatoms. The highest BCUT2D eigenvalue weighted by atomic mass is 32.1. The second-order valence-electron chi connectivity index (χ2n) is 6.86. The van der Waals surface area contributed by atoms with Crippen molar-refractivity contribution in [2.75, 3.05) is 13.1 Å². The Labute approximate surface area is 170 Å². The number of nitrogens with zero attached hydrogens (tertiary/aromatic N) is 3. The fourth-order valence-corrected chi connectivity index (χ4v) is 2.78. The van der Waals surface area contributed by atoms with E-state index in [9.17, 15) is 25.4 Å². The van der Waals surface area contributed by atoms with Crippen LogP contribution in [-0.2, 0) is 4.74 Å². The molecule has 1 aromatic carbocycles. The highest BCUT2D eigenvalue weighted by Crippen LogP contribution is 2.26. The van der Waals surface area contributed by atoms with Crippen molar-refractivity contribution in [3.63, 3.8) is 0 Å². The zero-order chi connectivity index (χ0) is 21.2. The fourth-order valence-electron chi connectivity index (χ4n) is 2.62. The summed E-state index contributed by atoms with van der Waals surface area (Å²) in [6.07, 6.45) is -6.68. The van der Waals surface area contributed by atoms with Crippen molar-refractivity contribution in [2.45, 2.75) is 43.3 Å². The molecule has 0 radical (unpaired) electrons. The summed E-state index contributed by atoms with van der Waals surface area (Å²) in [5, 5.41) is 54.9. The van der Waals surface area contributed by atoms with E-state index in [-0.39, 0.29) is 23.1 Å². The summed E-state index contributed by atoms with van der Waals surface area (Å²) in [4.78, 5) is 10.2. The minimum Gasteiger partial charge on any atom is -0.462 e. The molecule has 0 aliphatic carbocycles. The van der Waals surface area contributed by atoms with Gasteiger partial charge in [0, 0.05) is 18.7 Å². The summed E-state index contributed by atoms with van der Waals surface area (Å²) >= 11 is 5.14. The number of non-ortho nitro benzene ring substituents is 1. The van der Waals surface area contributed by atoms with Gasteiger partial charge in [-0.25, -0.2) is 0 Å². The minimum atomic E-state index is -1.53. The summed E-state index contributed by atoms with van der Waals surface area (Å²) in [6.45, 7) is 2.27. The van der Waals surface area contributed by atoms with Crippen LogP contribution in [0.1, 0.15) is 6.92 Å². The molecule has 0 unspecified atom stereocenters. The number of hydrogen-bond acceptors (Lipinski definition) is 10. The standard InChI is InChI=1S/C16H21N5O7S/c1-16(19-20-16)7-18-15(29)17-6-10-11(22)12(23)13(24)14(28-10)27-9-4-2-8(3-5-9)21(25)26/h2-5,10-14,22-24H,6-7H2,1H3,(H2,17,18,29)/t10-,11-,12+,13+,14+/m1/s1. The van der Waals surface area contributed by atoms with Gasteiger partial charge in [0.05, 0.1) is 11.5 Å². The molecule has 3 rings (SSSR count). The van der Waals surface area contributed by atoms with Crippen LogP contribution in [0.15, 0.2) is 34.5 Å². The lowest BCUT2D eigenvalue weighted by Gasteiger charge is -2.40. The number of rotatable bonds is 7. The van der Waals surface area contributed by atoms with E-state index in [0.29, 0.717) is 6.54 Å². The predicted octanol–water partition coefficient (Wildman–Crippen LogP) is -0.573. The summed E-state index contributed by atoms with van der Waals surface area (Å²) in [7, 11) is 0. The van der Waals surface area contributed by atoms with Crippen LogP contribution in [0.3, 0.4) is 0 Å². The third-order valence-corrected chi connectivity index (χ3v) is 4.75. The zero-order valence-corrected chi connectivity index (χ0v) is 16.2. The molecule has 0 bridgehead atoms. The van der Waals surface area contributed by atoms with Crippen LogP contribution >= 0.6 is 12.2 Å². The lowest BCUT2D eigenvalue weighted by Crippen LogP contribution is -2.61. The van der Waals surface area contributed by atoms with E-state index < -0.39 is 41.3 Å². The monoisotopic (exact) mass is 427 g/mol. The average molecular weight is 427 g/mol. The Morgan fingerprint density at radius 2 is 1.90 bits per heavy atom. The largest absolute Gasteiger partial charge is 0.462 e. The van der Waals surface area contributed by atoms with Crippen LogP contribution in [0.5, 0.6) is 5.75 Å². The Morgan fingerprint density at radius 1 is 1.24 bits per heavy atom. The van der Waals surface area contributed by atoms with Gasteiger partial charge in [0.15, 0.2) is 5.11 Å². The number of nitro groups is 1. The van der Waals surface area contributed by atoms with Crippen LogP contribution in [0.4, 0.5) is 5.69 Å². The first kappa shape index (κ1) is 21.3. The molecule has 1 saturated heterocycles. The van der Waals surface area contributed by atoms with Crippen molar-refractivity contribution in [3.05, 3.63) is 34.4 Å². The highest BCUT2D eigenvalue weighted by Gasteiger charge is 2.45. The van der Waals surface area contributed by atoms with Gasteiger partial charge < -0.3 is 35.4 Å². The van der Waals surface area contributed by atoms with Gasteiger partial charge in [-0.1, -0.05) is 0 Å². The number of nitrogens with one attached hydrogen (secondary N) is 2. The van der Waals surface area contributed by atoms with Gasteiger partial charge in [0.25, 0.3) is 5.69 Å². The lowest BCUT2D eigenvalue weighted by atomic mass is 9.99. The normalized spacial score (nSPS) is 29.7. The molecule has 12 nitrogen and oxygen atoms in total. The number of aliphatic hydroxyl groups excluding tert-OH is 3. The fraction of sp³-hybridized carbons (Fsp3) is 0.562. The highest BCUT2D eigenvalue weighted by molar-refractivity contribution is 7.80. The van der Waals surface area contributed by atoms with Gasteiger partial charge in [0.2, 0.25) is 12.0 Å². The van der Waals surface area contributed by atoms with Crippen molar-refractivity contribution < 1.29 is 29.7 Å². The van der Waals surface area contributed by atoms with Crippen molar-refractivity contribution in [3.8, 4) is 5.75 Å². The maximum Gasteiger partial charge on any atom is 0.269 e. The molecule has 0 amide bonds. The summed E-state index contributed by atoms with van der Waals surface area (Å²) in [5.74, 6) is 0.192. The summed E-state index contributed by atoms with van der Waals surface area (Å²) < 4.78 is 11.1. The van der Waals surface area contributed by atoms with Crippen LogP contribution in [0.25, 0.3) is 0 Å². The van der Waals surface area contributed by atoms with E-state index in [4.69, 9.17) is 21.7 Å². The smallest absolute Gasteiger partial charge is 0.269 e. The number of benzene rings is 1. The third-order valence-electron chi connectivity index (χ3n) is 4.46. The van der Waals surface area contributed by atoms with Crippen LogP contribution < -0.4 is 15.4 Å². The number of aliphatic hydroxyl groups is 3. The molecule has 1 fully saturated rings. The van der Waals surface area contributed by atoms with Crippen LogP contribution in [0, 0.1) is 10.1 Å². The van der Waals surface area contributed by atoms with Crippen molar-refractivity contribution in [1.82, 2.24) is 10.6 Å². The van der Waals surface area contributed by atoms with Gasteiger partial charge in [-0.15, -0.1) is 0 Å². The topological polar surface area (TPSA) is 171 Å². The molecular formula is C16H21N5O7S. The van der Waals surface area contributed by atoms with Crippen LogP contribution in [-0.4, -0.2) is 74.8 Å². The molecular weight excluding hydrogens is 406 g/mol. The second kappa shape index (κ2) is 8.51. The lowest BCUT2D eigenvalue weighted by molar-refractivity contribution is -0.384. The molecule has 5 atom stereocenters. The molecule has 1 aromatic rings. The summed E-state index contributed by atoms with van der Waals surface area (Å²) in [6, 6.07) is 5.15.